The van der Waals surface area contributed by atoms with Crippen molar-refractivity contribution in [2.75, 3.05) is 32.8 Å². The lowest BCUT2D eigenvalue weighted by atomic mass is 10.2. The van der Waals surface area contributed by atoms with E-state index in [4.69, 9.17) is 9.15 Å². The second kappa shape index (κ2) is 9.18. The maximum atomic E-state index is 12.5. The van der Waals surface area contributed by atoms with E-state index < -0.39 is 17.8 Å². The Kier molecular flexibility index (Phi) is 6.18. The summed E-state index contributed by atoms with van der Waals surface area (Å²) in [5.74, 6) is -1.51. The summed E-state index contributed by atoms with van der Waals surface area (Å²) >= 11 is 0. The predicted octanol–water partition coefficient (Wildman–Crippen LogP) is 2.04. The third-order valence-corrected chi connectivity index (χ3v) is 5.56. The molecule has 0 radical (unpaired) electrons. The van der Waals surface area contributed by atoms with Crippen molar-refractivity contribution < 1.29 is 18.7 Å². The van der Waals surface area contributed by atoms with Crippen LogP contribution in [0.4, 0.5) is 0 Å². The molecule has 1 amide bonds. The van der Waals surface area contributed by atoms with Gasteiger partial charge in [0.15, 0.2) is 12.2 Å². The van der Waals surface area contributed by atoms with E-state index in [9.17, 15) is 14.4 Å². The number of carbonyl (C=O) groups excluding carboxylic acids is 2. The number of hydrogen-bond acceptors (Lipinski definition) is 6. The number of ether oxygens (including phenoxy) is 1. The Morgan fingerprint density at radius 1 is 1.00 bits per heavy atom. The van der Waals surface area contributed by atoms with Crippen LogP contribution in [0.3, 0.4) is 0 Å². The molecule has 1 unspecified atom stereocenters. The Bertz CT molecular complexity index is 1110. The van der Waals surface area contributed by atoms with E-state index >= 15 is 0 Å². The molecule has 4 rings (SSSR count). The zero-order chi connectivity index (χ0) is 21.8. The number of nitrogens with zero attached hydrogens (tertiary/aromatic N) is 3. The van der Waals surface area contributed by atoms with Gasteiger partial charge in [0, 0.05) is 32.7 Å². The quantitative estimate of drug-likeness (QED) is 0.564. The zero-order valence-electron chi connectivity index (χ0n) is 17.4. The molecule has 2 heterocycles. The van der Waals surface area contributed by atoms with Crippen LogP contribution in [0.15, 0.2) is 63.8 Å². The molecule has 0 spiro atoms. The third-order valence-electron chi connectivity index (χ3n) is 5.56. The SMILES string of the molecule is CC(C(=O)OCC(=O)N1CCN(Cc2ccccc2)CC1)n1c(=O)oc2ccccc21. The summed E-state index contributed by atoms with van der Waals surface area (Å²) in [7, 11) is 0. The standard InChI is InChI=1S/C23H25N3O5/c1-17(26-19-9-5-6-10-20(19)31-23(26)29)22(28)30-16-21(27)25-13-11-24(12-14-25)15-18-7-3-2-4-8-18/h2-10,17H,11-16H2,1H3. The smallest absolute Gasteiger partial charge is 0.420 e. The molecule has 1 aromatic heterocycles. The van der Waals surface area contributed by atoms with E-state index in [1.807, 2.05) is 18.2 Å². The molecular formula is C23H25N3O5. The lowest BCUT2D eigenvalue weighted by Gasteiger charge is -2.34. The Balaban J connectivity index is 1.28. The van der Waals surface area contributed by atoms with Crippen molar-refractivity contribution in [3.05, 3.63) is 70.7 Å². The average Bonchev–Trinajstić information content (AvgIpc) is 3.13. The second-order valence-electron chi connectivity index (χ2n) is 7.63. The van der Waals surface area contributed by atoms with Crippen molar-refractivity contribution in [3.8, 4) is 0 Å². The minimum atomic E-state index is -0.897. The van der Waals surface area contributed by atoms with Crippen LogP contribution in [0.1, 0.15) is 18.5 Å². The molecule has 1 saturated heterocycles. The van der Waals surface area contributed by atoms with Gasteiger partial charge < -0.3 is 14.1 Å². The Hall–Kier alpha value is -3.39. The minimum absolute atomic E-state index is 0.232. The van der Waals surface area contributed by atoms with E-state index in [2.05, 4.69) is 17.0 Å². The van der Waals surface area contributed by atoms with E-state index in [1.165, 1.54) is 10.1 Å². The van der Waals surface area contributed by atoms with Crippen LogP contribution >= 0.6 is 0 Å². The first kappa shape index (κ1) is 20.9. The molecule has 1 atom stereocenters. The zero-order valence-corrected chi connectivity index (χ0v) is 17.4. The topological polar surface area (TPSA) is 85.0 Å². The van der Waals surface area contributed by atoms with Crippen molar-refractivity contribution >= 4 is 23.0 Å². The molecule has 0 saturated carbocycles. The van der Waals surface area contributed by atoms with Crippen molar-refractivity contribution in [1.82, 2.24) is 14.4 Å². The molecular weight excluding hydrogens is 398 g/mol. The first-order valence-corrected chi connectivity index (χ1v) is 10.3. The van der Waals surface area contributed by atoms with Gasteiger partial charge in [0.2, 0.25) is 0 Å². The fourth-order valence-corrected chi connectivity index (χ4v) is 3.80. The van der Waals surface area contributed by atoms with Crippen molar-refractivity contribution in [1.29, 1.82) is 0 Å². The van der Waals surface area contributed by atoms with Crippen LogP contribution < -0.4 is 5.76 Å². The lowest BCUT2D eigenvalue weighted by molar-refractivity contribution is -0.155. The molecule has 1 aliphatic heterocycles. The van der Waals surface area contributed by atoms with Gasteiger partial charge in [-0.15, -0.1) is 0 Å². The highest BCUT2D eigenvalue weighted by molar-refractivity contribution is 5.83. The number of fused-ring (bicyclic) bond motifs is 1. The van der Waals surface area contributed by atoms with Crippen LogP contribution in [0.5, 0.6) is 0 Å². The fourth-order valence-electron chi connectivity index (χ4n) is 3.80. The van der Waals surface area contributed by atoms with Gasteiger partial charge in [-0.25, -0.2) is 9.59 Å². The number of amides is 1. The van der Waals surface area contributed by atoms with Gasteiger partial charge >= 0.3 is 11.7 Å². The first-order valence-electron chi connectivity index (χ1n) is 10.3. The summed E-state index contributed by atoms with van der Waals surface area (Å²) in [6.07, 6.45) is 0. The first-order chi connectivity index (χ1) is 15.0. The number of esters is 1. The summed E-state index contributed by atoms with van der Waals surface area (Å²) in [6.45, 7) is 4.77. The molecule has 31 heavy (non-hydrogen) atoms. The van der Waals surface area contributed by atoms with Gasteiger partial charge in [0.25, 0.3) is 5.91 Å². The fraction of sp³-hybridized carbons (Fsp3) is 0.348. The summed E-state index contributed by atoms with van der Waals surface area (Å²) in [6, 6.07) is 16.2. The Labute approximate surface area is 179 Å². The van der Waals surface area contributed by atoms with Gasteiger partial charge in [-0.2, -0.15) is 0 Å². The van der Waals surface area contributed by atoms with E-state index in [-0.39, 0.29) is 12.5 Å². The normalized spacial score (nSPS) is 15.7. The largest absolute Gasteiger partial charge is 0.454 e. The monoisotopic (exact) mass is 423 g/mol. The summed E-state index contributed by atoms with van der Waals surface area (Å²) in [5, 5.41) is 0. The van der Waals surface area contributed by atoms with Crippen molar-refractivity contribution in [3.63, 3.8) is 0 Å². The number of rotatable bonds is 6. The average molecular weight is 423 g/mol. The maximum Gasteiger partial charge on any atom is 0.420 e. The molecule has 0 N–H and O–H groups in total. The van der Waals surface area contributed by atoms with E-state index in [0.717, 1.165) is 19.6 Å². The molecule has 2 aromatic carbocycles. The molecule has 1 aliphatic rings. The van der Waals surface area contributed by atoms with E-state index in [0.29, 0.717) is 24.2 Å². The van der Waals surface area contributed by atoms with E-state index in [1.54, 1.807) is 36.1 Å². The van der Waals surface area contributed by atoms with Crippen LogP contribution in [0.25, 0.3) is 11.1 Å². The molecule has 8 heteroatoms. The highest BCUT2D eigenvalue weighted by Crippen LogP contribution is 2.17. The van der Waals surface area contributed by atoms with Gasteiger partial charge in [0.05, 0.1) is 5.52 Å². The predicted molar refractivity (Wildman–Crippen MR) is 114 cm³/mol. The summed E-state index contributed by atoms with van der Waals surface area (Å²) in [4.78, 5) is 41.1. The summed E-state index contributed by atoms with van der Waals surface area (Å²) in [5.41, 5.74) is 2.15. The number of para-hydroxylation sites is 2. The Morgan fingerprint density at radius 3 is 2.42 bits per heavy atom. The highest BCUT2D eigenvalue weighted by atomic mass is 16.5. The van der Waals surface area contributed by atoms with Gasteiger partial charge in [-0.05, 0) is 24.6 Å². The van der Waals surface area contributed by atoms with Crippen LogP contribution in [0.2, 0.25) is 0 Å². The number of oxazole rings is 1. The van der Waals surface area contributed by atoms with Crippen LogP contribution in [-0.2, 0) is 20.9 Å². The minimum Gasteiger partial charge on any atom is -0.454 e. The number of piperazine rings is 1. The molecule has 0 bridgehead atoms. The van der Waals surface area contributed by atoms with Gasteiger partial charge in [-0.3, -0.25) is 14.3 Å². The molecule has 8 nitrogen and oxygen atoms in total. The van der Waals surface area contributed by atoms with Gasteiger partial charge in [-0.1, -0.05) is 42.5 Å². The number of carbonyl (C=O) groups is 2. The molecule has 0 aliphatic carbocycles. The maximum absolute atomic E-state index is 12.5. The third kappa shape index (κ3) is 4.69. The number of benzene rings is 2. The highest BCUT2D eigenvalue weighted by Gasteiger charge is 2.25. The number of aromatic nitrogens is 1. The molecule has 1 fully saturated rings. The molecule has 162 valence electrons. The van der Waals surface area contributed by atoms with Crippen LogP contribution in [0, 0.1) is 0 Å². The Morgan fingerprint density at radius 2 is 1.68 bits per heavy atom. The van der Waals surface area contributed by atoms with Gasteiger partial charge in [0.1, 0.15) is 6.04 Å². The van der Waals surface area contributed by atoms with Crippen molar-refractivity contribution in [2.45, 2.75) is 19.5 Å². The second-order valence-corrected chi connectivity index (χ2v) is 7.63. The van der Waals surface area contributed by atoms with Crippen molar-refractivity contribution in [2.24, 2.45) is 0 Å². The lowest BCUT2D eigenvalue weighted by Crippen LogP contribution is -2.49. The molecule has 3 aromatic rings. The number of hydrogen-bond donors (Lipinski definition) is 0. The summed E-state index contributed by atoms with van der Waals surface area (Å²) < 4.78 is 11.6. The van der Waals surface area contributed by atoms with Crippen LogP contribution in [-0.4, -0.2) is 59.0 Å².